The fourth-order valence-corrected chi connectivity index (χ4v) is 3.02. The van der Waals surface area contributed by atoms with E-state index in [2.05, 4.69) is 10.6 Å². The molecule has 1 aromatic heterocycles. The highest BCUT2D eigenvalue weighted by Gasteiger charge is 2.17. The molecule has 0 saturated heterocycles. The Morgan fingerprint density at radius 3 is 2.60 bits per heavy atom. The molecule has 2 aromatic rings. The van der Waals surface area contributed by atoms with E-state index < -0.39 is 17.9 Å². The number of carbonyl (C=O) groups is 2. The lowest BCUT2D eigenvalue weighted by Crippen LogP contribution is -2.36. The zero-order valence-corrected chi connectivity index (χ0v) is 15.3. The van der Waals surface area contributed by atoms with Crippen molar-refractivity contribution in [2.24, 2.45) is 0 Å². The summed E-state index contributed by atoms with van der Waals surface area (Å²) in [5.74, 6) is -0.0836. The Bertz CT molecular complexity index is 757. The quantitative estimate of drug-likeness (QED) is 0.543. The van der Waals surface area contributed by atoms with E-state index in [1.807, 2.05) is 25.3 Å². The van der Waals surface area contributed by atoms with Gasteiger partial charge in [-0.1, -0.05) is 12.1 Å². The molecule has 3 N–H and O–H groups in total. The second kappa shape index (κ2) is 8.73. The molecule has 134 valence electrons. The van der Waals surface area contributed by atoms with Crippen LogP contribution in [0.5, 0.6) is 0 Å². The van der Waals surface area contributed by atoms with Gasteiger partial charge in [-0.15, -0.1) is 11.8 Å². The van der Waals surface area contributed by atoms with E-state index in [9.17, 15) is 14.7 Å². The van der Waals surface area contributed by atoms with Gasteiger partial charge >= 0.3 is 11.8 Å². The number of furan rings is 1. The number of anilines is 1. The van der Waals surface area contributed by atoms with Gasteiger partial charge in [0.25, 0.3) is 0 Å². The van der Waals surface area contributed by atoms with E-state index in [-0.39, 0.29) is 6.54 Å². The third-order valence-electron chi connectivity index (χ3n) is 3.70. The zero-order chi connectivity index (χ0) is 18.4. The van der Waals surface area contributed by atoms with Gasteiger partial charge in [0.05, 0.1) is 11.8 Å². The number of nitrogens with one attached hydrogen (secondary N) is 2. The van der Waals surface area contributed by atoms with Gasteiger partial charge in [-0.3, -0.25) is 9.59 Å². The number of aliphatic hydroxyl groups is 1. The van der Waals surface area contributed by atoms with Crippen LogP contribution in [0.4, 0.5) is 5.69 Å². The zero-order valence-electron chi connectivity index (χ0n) is 14.5. The molecule has 6 nitrogen and oxygen atoms in total. The summed E-state index contributed by atoms with van der Waals surface area (Å²) in [4.78, 5) is 24.8. The first-order valence-corrected chi connectivity index (χ1v) is 9.12. The summed E-state index contributed by atoms with van der Waals surface area (Å²) in [5, 5.41) is 15.3. The lowest BCUT2D eigenvalue weighted by molar-refractivity contribution is -0.136. The summed E-state index contributed by atoms with van der Waals surface area (Å²) < 4.78 is 5.38. The maximum atomic E-state index is 12.0. The fourth-order valence-electron chi connectivity index (χ4n) is 2.47. The third-order valence-corrected chi connectivity index (χ3v) is 4.50. The molecule has 1 unspecified atom stereocenters. The summed E-state index contributed by atoms with van der Waals surface area (Å²) in [6, 6.07) is 9.03. The van der Waals surface area contributed by atoms with Gasteiger partial charge in [-0.05, 0) is 44.7 Å². The number of aryl methyl sites for hydroxylation is 2. The molecule has 2 amide bonds. The summed E-state index contributed by atoms with van der Waals surface area (Å²) in [7, 11) is 0. The Kier molecular flexibility index (Phi) is 6.66. The van der Waals surface area contributed by atoms with Crippen LogP contribution in [0.15, 0.2) is 39.6 Å². The molecule has 0 bridgehead atoms. The molecule has 25 heavy (non-hydrogen) atoms. The standard InChI is InChI=1S/C18H22N2O4S/c1-11-10-13(12(2)24-11)15(21)8-9-19-17(22)18(23)20-14-6-4-5-7-16(14)25-3/h4-7,10,15,21H,8-9H2,1-3H3,(H,19,22)(H,20,23). The third kappa shape index (κ3) is 5.11. The van der Waals surface area contributed by atoms with Gasteiger partial charge in [0.2, 0.25) is 0 Å². The van der Waals surface area contributed by atoms with Crippen molar-refractivity contribution in [2.45, 2.75) is 31.3 Å². The number of thioether (sulfide) groups is 1. The van der Waals surface area contributed by atoms with Crippen molar-refractivity contribution < 1.29 is 19.1 Å². The van der Waals surface area contributed by atoms with Crippen molar-refractivity contribution in [1.29, 1.82) is 0 Å². The van der Waals surface area contributed by atoms with Crippen molar-refractivity contribution >= 4 is 29.3 Å². The molecular formula is C18H22N2O4S. The molecule has 1 aromatic carbocycles. The lowest BCUT2D eigenvalue weighted by Gasteiger charge is -2.11. The molecule has 0 aliphatic carbocycles. The van der Waals surface area contributed by atoms with Crippen LogP contribution in [0.1, 0.15) is 29.6 Å². The highest BCUT2D eigenvalue weighted by molar-refractivity contribution is 7.98. The van der Waals surface area contributed by atoms with Crippen LogP contribution < -0.4 is 10.6 Å². The number of aliphatic hydroxyl groups excluding tert-OH is 1. The van der Waals surface area contributed by atoms with Gasteiger partial charge in [-0.2, -0.15) is 0 Å². The normalized spacial score (nSPS) is 11.8. The van der Waals surface area contributed by atoms with Crippen LogP contribution >= 0.6 is 11.8 Å². The molecule has 0 aliphatic rings. The summed E-state index contributed by atoms with van der Waals surface area (Å²) in [6.07, 6.45) is 1.43. The van der Waals surface area contributed by atoms with Gasteiger partial charge in [0.15, 0.2) is 0 Å². The number of rotatable bonds is 6. The first-order valence-electron chi connectivity index (χ1n) is 7.89. The average molecular weight is 362 g/mol. The van der Waals surface area contributed by atoms with E-state index in [4.69, 9.17) is 4.42 Å². The van der Waals surface area contributed by atoms with E-state index in [1.165, 1.54) is 11.8 Å². The molecule has 0 radical (unpaired) electrons. The highest BCUT2D eigenvalue weighted by atomic mass is 32.2. The molecule has 7 heteroatoms. The molecule has 0 fully saturated rings. The molecular weight excluding hydrogens is 340 g/mol. The maximum absolute atomic E-state index is 12.0. The highest BCUT2D eigenvalue weighted by Crippen LogP contribution is 2.25. The van der Waals surface area contributed by atoms with Gasteiger partial charge in [0, 0.05) is 17.0 Å². The van der Waals surface area contributed by atoms with E-state index in [0.29, 0.717) is 23.4 Å². The Morgan fingerprint density at radius 2 is 1.96 bits per heavy atom. The summed E-state index contributed by atoms with van der Waals surface area (Å²) in [5.41, 5.74) is 1.30. The summed E-state index contributed by atoms with van der Waals surface area (Å²) >= 11 is 1.48. The molecule has 0 aliphatic heterocycles. The number of amides is 2. The van der Waals surface area contributed by atoms with Gasteiger partial charge in [0.1, 0.15) is 11.5 Å². The number of para-hydroxylation sites is 1. The van der Waals surface area contributed by atoms with E-state index in [1.54, 1.807) is 25.1 Å². The first kappa shape index (κ1) is 19.1. The van der Waals surface area contributed by atoms with Crippen LogP contribution in [-0.2, 0) is 9.59 Å². The molecule has 1 atom stereocenters. The van der Waals surface area contributed by atoms with Gasteiger partial charge < -0.3 is 20.2 Å². The fraction of sp³-hybridized carbons (Fsp3) is 0.333. The Labute approximate surface area is 151 Å². The van der Waals surface area contributed by atoms with Crippen LogP contribution in [0.25, 0.3) is 0 Å². The minimum Gasteiger partial charge on any atom is -0.466 e. The van der Waals surface area contributed by atoms with Crippen LogP contribution in [0, 0.1) is 13.8 Å². The lowest BCUT2D eigenvalue weighted by atomic mass is 10.1. The largest absolute Gasteiger partial charge is 0.466 e. The molecule has 0 saturated carbocycles. The monoisotopic (exact) mass is 362 g/mol. The Hall–Kier alpha value is -2.25. The number of benzene rings is 1. The minimum absolute atomic E-state index is 0.182. The van der Waals surface area contributed by atoms with Crippen LogP contribution in [-0.4, -0.2) is 29.7 Å². The number of carbonyl (C=O) groups excluding carboxylic acids is 2. The smallest absolute Gasteiger partial charge is 0.313 e. The van der Waals surface area contributed by atoms with E-state index >= 15 is 0 Å². The maximum Gasteiger partial charge on any atom is 0.313 e. The van der Waals surface area contributed by atoms with Crippen LogP contribution in [0.2, 0.25) is 0 Å². The van der Waals surface area contributed by atoms with Gasteiger partial charge in [-0.25, -0.2) is 0 Å². The molecule has 1 heterocycles. The Morgan fingerprint density at radius 1 is 1.24 bits per heavy atom. The predicted molar refractivity (Wildman–Crippen MR) is 97.6 cm³/mol. The Balaban J connectivity index is 1.83. The second-order valence-electron chi connectivity index (χ2n) is 5.58. The van der Waals surface area contributed by atoms with Crippen LogP contribution in [0.3, 0.4) is 0 Å². The number of hydrogen-bond acceptors (Lipinski definition) is 5. The van der Waals surface area contributed by atoms with Crippen molar-refractivity contribution in [3.63, 3.8) is 0 Å². The summed E-state index contributed by atoms with van der Waals surface area (Å²) in [6.45, 7) is 3.77. The van der Waals surface area contributed by atoms with Crippen molar-refractivity contribution in [1.82, 2.24) is 5.32 Å². The predicted octanol–water partition coefficient (Wildman–Crippen LogP) is 2.80. The average Bonchev–Trinajstić information content (AvgIpc) is 2.93. The van der Waals surface area contributed by atoms with Crippen molar-refractivity contribution in [3.8, 4) is 0 Å². The minimum atomic E-state index is -0.752. The second-order valence-corrected chi connectivity index (χ2v) is 6.43. The van der Waals surface area contributed by atoms with Crippen molar-refractivity contribution in [2.75, 3.05) is 18.1 Å². The van der Waals surface area contributed by atoms with Crippen molar-refractivity contribution in [3.05, 3.63) is 47.4 Å². The SMILES string of the molecule is CSc1ccccc1NC(=O)C(=O)NCCC(O)c1cc(C)oc1C. The topological polar surface area (TPSA) is 91.6 Å². The number of hydrogen-bond donors (Lipinski definition) is 3. The molecule has 0 spiro atoms. The molecule has 2 rings (SSSR count). The first-order chi connectivity index (χ1) is 11.9. The van der Waals surface area contributed by atoms with E-state index in [0.717, 1.165) is 10.7 Å².